The average Bonchev–Trinajstić information content (AvgIpc) is 2.42. The SMILES string of the molecule is CN(C)Cc1ccc(-c2cc(CCN)ccc2F)cc1. The maximum absolute atomic E-state index is 14.0. The molecule has 2 aromatic rings. The number of rotatable bonds is 5. The molecule has 0 aromatic heterocycles. The van der Waals surface area contributed by atoms with Crippen LogP contribution in [-0.2, 0) is 13.0 Å². The largest absolute Gasteiger partial charge is 0.330 e. The highest BCUT2D eigenvalue weighted by atomic mass is 19.1. The van der Waals surface area contributed by atoms with E-state index in [-0.39, 0.29) is 5.82 Å². The van der Waals surface area contributed by atoms with Crippen LogP contribution in [0.5, 0.6) is 0 Å². The monoisotopic (exact) mass is 272 g/mol. The first-order chi connectivity index (χ1) is 9.60. The van der Waals surface area contributed by atoms with Gasteiger partial charge in [0.25, 0.3) is 0 Å². The van der Waals surface area contributed by atoms with Gasteiger partial charge in [-0.15, -0.1) is 0 Å². The van der Waals surface area contributed by atoms with Crippen LogP contribution in [-0.4, -0.2) is 25.5 Å². The molecule has 0 fully saturated rings. The lowest BCUT2D eigenvalue weighted by Gasteiger charge is -2.11. The molecule has 0 amide bonds. The van der Waals surface area contributed by atoms with Crippen molar-refractivity contribution in [3.8, 4) is 11.1 Å². The highest BCUT2D eigenvalue weighted by Crippen LogP contribution is 2.24. The number of hydrogen-bond donors (Lipinski definition) is 1. The lowest BCUT2D eigenvalue weighted by atomic mass is 10.00. The standard InChI is InChI=1S/C17H21FN2/c1-20(2)12-14-3-6-15(7-4-14)16-11-13(9-10-19)5-8-17(16)18/h3-8,11H,9-10,12,19H2,1-2H3. The molecule has 0 saturated carbocycles. The van der Waals surface area contributed by atoms with E-state index in [0.717, 1.165) is 24.1 Å². The molecule has 0 spiro atoms. The lowest BCUT2D eigenvalue weighted by molar-refractivity contribution is 0.402. The molecule has 0 saturated heterocycles. The molecule has 2 rings (SSSR count). The minimum absolute atomic E-state index is 0.189. The molecule has 2 nitrogen and oxygen atoms in total. The number of halogens is 1. The number of nitrogens with zero attached hydrogens (tertiary/aromatic N) is 1. The second-order valence-electron chi connectivity index (χ2n) is 5.29. The Balaban J connectivity index is 2.28. The molecular weight excluding hydrogens is 251 g/mol. The van der Waals surface area contributed by atoms with Crippen LogP contribution in [0.2, 0.25) is 0 Å². The van der Waals surface area contributed by atoms with Gasteiger partial charge >= 0.3 is 0 Å². The second kappa shape index (κ2) is 6.64. The van der Waals surface area contributed by atoms with Crippen molar-refractivity contribution in [3.05, 3.63) is 59.4 Å². The topological polar surface area (TPSA) is 29.3 Å². The highest BCUT2D eigenvalue weighted by Gasteiger charge is 2.06. The Morgan fingerprint density at radius 3 is 2.25 bits per heavy atom. The van der Waals surface area contributed by atoms with Gasteiger partial charge in [0, 0.05) is 12.1 Å². The first-order valence-corrected chi connectivity index (χ1v) is 6.82. The molecule has 0 unspecified atom stereocenters. The fourth-order valence-electron chi connectivity index (χ4n) is 2.27. The summed E-state index contributed by atoms with van der Waals surface area (Å²) in [7, 11) is 4.06. The minimum atomic E-state index is -0.189. The predicted molar refractivity (Wildman–Crippen MR) is 82.0 cm³/mol. The molecule has 0 aliphatic carbocycles. The molecule has 3 heteroatoms. The Hall–Kier alpha value is -1.71. The van der Waals surface area contributed by atoms with Gasteiger partial charge in [0.15, 0.2) is 0 Å². The van der Waals surface area contributed by atoms with Gasteiger partial charge < -0.3 is 10.6 Å². The fraction of sp³-hybridized carbons (Fsp3) is 0.294. The molecule has 20 heavy (non-hydrogen) atoms. The quantitative estimate of drug-likeness (QED) is 0.906. The minimum Gasteiger partial charge on any atom is -0.330 e. The maximum atomic E-state index is 14.0. The van der Waals surface area contributed by atoms with Crippen molar-refractivity contribution >= 4 is 0 Å². The number of hydrogen-bond acceptors (Lipinski definition) is 2. The zero-order valence-corrected chi connectivity index (χ0v) is 12.1. The number of benzene rings is 2. The summed E-state index contributed by atoms with van der Waals surface area (Å²) in [4.78, 5) is 2.11. The van der Waals surface area contributed by atoms with Crippen molar-refractivity contribution in [1.29, 1.82) is 0 Å². The van der Waals surface area contributed by atoms with Crippen molar-refractivity contribution in [2.24, 2.45) is 5.73 Å². The van der Waals surface area contributed by atoms with Gasteiger partial charge in [0.2, 0.25) is 0 Å². The maximum Gasteiger partial charge on any atom is 0.131 e. The van der Waals surface area contributed by atoms with E-state index in [0.29, 0.717) is 12.1 Å². The molecule has 2 aromatic carbocycles. The van der Waals surface area contributed by atoms with E-state index in [1.807, 2.05) is 44.4 Å². The molecule has 0 aliphatic heterocycles. The molecule has 2 N–H and O–H groups in total. The predicted octanol–water partition coefficient (Wildman–Crippen LogP) is 3.06. The van der Waals surface area contributed by atoms with Crippen LogP contribution < -0.4 is 5.73 Å². The summed E-state index contributed by atoms with van der Waals surface area (Å²) in [5.41, 5.74) is 9.40. The van der Waals surface area contributed by atoms with Gasteiger partial charge in [-0.3, -0.25) is 0 Å². The molecule has 0 heterocycles. The van der Waals surface area contributed by atoms with E-state index >= 15 is 0 Å². The van der Waals surface area contributed by atoms with E-state index in [4.69, 9.17) is 5.73 Å². The summed E-state index contributed by atoms with van der Waals surface area (Å²) < 4.78 is 14.0. The van der Waals surface area contributed by atoms with E-state index in [2.05, 4.69) is 4.90 Å². The third-order valence-corrected chi connectivity index (χ3v) is 3.23. The van der Waals surface area contributed by atoms with Gasteiger partial charge in [-0.25, -0.2) is 4.39 Å². The smallest absolute Gasteiger partial charge is 0.131 e. The lowest BCUT2D eigenvalue weighted by Crippen LogP contribution is -2.10. The zero-order valence-electron chi connectivity index (χ0n) is 12.1. The highest BCUT2D eigenvalue weighted by molar-refractivity contribution is 5.65. The van der Waals surface area contributed by atoms with Gasteiger partial charge in [0.1, 0.15) is 5.82 Å². The molecule has 106 valence electrons. The molecule has 0 bridgehead atoms. The fourth-order valence-corrected chi connectivity index (χ4v) is 2.27. The van der Waals surface area contributed by atoms with Crippen molar-refractivity contribution in [1.82, 2.24) is 4.90 Å². The summed E-state index contributed by atoms with van der Waals surface area (Å²) in [6.07, 6.45) is 0.770. The molecule has 0 atom stereocenters. The first kappa shape index (κ1) is 14.7. The van der Waals surface area contributed by atoms with Crippen LogP contribution in [0.15, 0.2) is 42.5 Å². The first-order valence-electron chi connectivity index (χ1n) is 6.82. The molecule has 0 aliphatic rings. The third kappa shape index (κ3) is 3.65. The Kier molecular flexibility index (Phi) is 4.88. The van der Waals surface area contributed by atoms with Crippen LogP contribution in [0.3, 0.4) is 0 Å². The van der Waals surface area contributed by atoms with Gasteiger partial charge in [0.05, 0.1) is 0 Å². The third-order valence-electron chi connectivity index (χ3n) is 3.23. The Bertz CT molecular complexity index is 562. The normalized spacial score (nSPS) is 11.1. The van der Waals surface area contributed by atoms with Crippen LogP contribution in [0.4, 0.5) is 4.39 Å². The van der Waals surface area contributed by atoms with Crippen LogP contribution in [0.1, 0.15) is 11.1 Å². The van der Waals surface area contributed by atoms with E-state index in [9.17, 15) is 4.39 Å². The van der Waals surface area contributed by atoms with E-state index < -0.39 is 0 Å². The van der Waals surface area contributed by atoms with Crippen LogP contribution >= 0.6 is 0 Å². The van der Waals surface area contributed by atoms with Crippen molar-refractivity contribution < 1.29 is 4.39 Å². The summed E-state index contributed by atoms with van der Waals surface area (Å²) in [5.74, 6) is -0.189. The van der Waals surface area contributed by atoms with Crippen molar-refractivity contribution in [2.75, 3.05) is 20.6 Å². The van der Waals surface area contributed by atoms with Gasteiger partial charge in [-0.05, 0) is 55.9 Å². The summed E-state index contributed by atoms with van der Waals surface area (Å²) >= 11 is 0. The Morgan fingerprint density at radius 1 is 1.00 bits per heavy atom. The van der Waals surface area contributed by atoms with E-state index in [1.165, 1.54) is 11.6 Å². The van der Waals surface area contributed by atoms with Gasteiger partial charge in [-0.1, -0.05) is 30.3 Å². The van der Waals surface area contributed by atoms with Crippen molar-refractivity contribution in [2.45, 2.75) is 13.0 Å². The summed E-state index contributed by atoms with van der Waals surface area (Å²) in [6.45, 7) is 1.46. The van der Waals surface area contributed by atoms with Crippen molar-refractivity contribution in [3.63, 3.8) is 0 Å². The molecular formula is C17H21FN2. The van der Waals surface area contributed by atoms with Crippen LogP contribution in [0.25, 0.3) is 11.1 Å². The molecule has 0 radical (unpaired) electrons. The number of nitrogens with two attached hydrogens (primary N) is 1. The van der Waals surface area contributed by atoms with E-state index in [1.54, 1.807) is 6.07 Å². The Morgan fingerprint density at radius 2 is 1.65 bits per heavy atom. The summed E-state index contributed by atoms with van der Waals surface area (Å²) in [6, 6.07) is 13.3. The van der Waals surface area contributed by atoms with Crippen LogP contribution in [0, 0.1) is 5.82 Å². The summed E-state index contributed by atoms with van der Waals surface area (Å²) in [5, 5.41) is 0. The zero-order chi connectivity index (χ0) is 14.5. The van der Waals surface area contributed by atoms with Gasteiger partial charge in [-0.2, -0.15) is 0 Å². The second-order valence-corrected chi connectivity index (χ2v) is 5.29. The average molecular weight is 272 g/mol. The Labute approximate surface area is 120 Å².